The Morgan fingerprint density at radius 2 is 2.19 bits per heavy atom. The summed E-state index contributed by atoms with van der Waals surface area (Å²) >= 11 is 2.35. The average Bonchev–Trinajstić information content (AvgIpc) is 2.66. The van der Waals surface area contributed by atoms with E-state index in [0.29, 0.717) is 6.04 Å². The Hall–Kier alpha value is -0.290. The van der Waals surface area contributed by atoms with Crippen molar-refractivity contribution in [3.8, 4) is 5.75 Å². The number of rotatable bonds is 4. The van der Waals surface area contributed by atoms with Crippen molar-refractivity contribution in [2.24, 2.45) is 0 Å². The number of para-hydroxylation sites is 1. The van der Waals surface area contributed by atoms with E-state index in [1.807, 2.05) is 0 Å². The van der Waals surface area contributed by atoms with Crippen molar-refractivity contribution >= 4 is 22.6 Å². The predicted molar refractivity (Wildman–Crippen MR) is 74.9 cm³/mol. The smallest absolute Gasteiger partial charge is 0.138 e. The third kappa shape index (κ3) is 2.20. The van der Waals surface area contributed by atoms with Crippen LogP contribution in [-0.4, -0.2) is 12.6 Å². The molecule has 1 aromatic carbocycles. The molecule has 0 aromatic heterocycles. The maximum absolute atomic E-state index is 6.03. The summed E-state index contributed by atoms with van der Waals surface area (Å²) in [6, 6.07) is 6.77. The molecule has 0 bridgehead atoms. The van der Waals surface area contributed by atoms with E-state index < -0.39 is 0 Å². The van der Waals surface area contributed by atoms with Crippen LogP contribution in [0.3, 0.4) is 0 Å². The first-order valence-corrected chi connectivity index (χ1v) is 7.04. The second kappa shape index (κ2) is 5.36. The molecule has 0 fully saturated rings. The molecule has 1 aromatic rings. The van der Waals surface area contributed by atoms with E-state index >= 15 is 0 Å². The minimum absolute atomic E-state index is 0.289. The normalized spacial score (nSPS) is 22.9. The lowest BCUT2D eigenvalue weighted by Gasteiger charge is -2.18. The van der Waals surface area contributed by atoms with Gasteiger partial charge in [-0.1, -0.05) is 26.0 Å². The summed E-state index contributed by atoms with van der Waals surface area (Å²) in [6.45, 7) is 5.43. The minimum atomic E-state index is 0.289. The maximum atomic E-state index is 6.03. The lowest BCUT2D eigenvalue weighted by molar-refractivity contribution is 0.184. The van der Waals surface area contributed by atoms with E-state index in [-0.39, 0.29) is 6.10 Å². The summed E-state index contributed by atoms with van der Waals surface area (Å²) < 4.78 is 7.24. The molecule has 0 amide bonds. The van der Waals surface area contributed by atoms with Crippen molar-refractivity contribution in [2.75, 3.05) is 6.54 Å². The molecule has 1 aliphatic rings. The summed E-state index contributed by atoms with van der Waals surface area (Å²) in [5.74, 6) is 1.09. The van der Waals surface area contributed by atoms with Crippen molar-refractivity contribution in [3.05, 3.63) is 27.3 Å². The zero-order valence-corrected chi connectivity index (χ0v) is 12.0. The Labute approximate surface area is 111 Å². The molecule has 2 rings (SSSR count). The van der Waals surface area contributed by atoms with E-state index in [4.69, 9.17) is 4.74 Å². The third-order valence-electron chi connectivity index (χ3n) is 2.99. The zero-order chi connectivity index (χ0) is 11.5. The molecular weight excluding hydrogens is 313 g/mol. The SMILES string of the molecule is CCCNC1c2cccc(I)c2OC1CC. The van der Waals surface area contributed by atoms with Crippen LogP contribution in [0.5, 0.6) is 5.75 Å². The molecule has 0 saturated carbocycles. The molecule has 2 atom stereocenters. The third-order valence-corrected chi connectivity index (χ3v) is 3.84. The highest BCUT2D eigenvalue weighted by molar-refractivity contribution is 14.1. The van der Waals surface area contributed by atoms with Gasteiger partial charge in [-0.15, -0.1) is 0 Å². The van der Waals surface area contributed by atoms with Crippen LogP contribution >= 0.6 is 22.6 Å². The fraction of sp³-hybridized carbons (Fsp3) is 0.538. The van der Waals surface area contributed by atoms with Gasteiger partial charge >= 0.3 is 0 Å². The zero-order valence-electron chi connectivity index (χ0n) is 9.79. The summed E-state index contributed by atoms with van der Waals surface area (Å²) in [5, 5.41) is 3.59. The largest absolute Gasteiger partial charge is 0.487 e. The van der Waals surface area contributed by atoms with Gasteiger partial charge in [0.1, 0.15) is 11.9 Å². The fourth-order valence-electron chi connectivity index (χ4n) is 2.17. The number of nitrogens with one attached hydrogen (secondary N) is 1. The Morgan fingerprint density at radius 3 is 2.88 bits per heavy atom. The van der Waals surface area contributed by atoms with Gasteiger partial charge in [-0.3, -0.25) is 0 Å². The van der Waals surface area contributed by atoms with E-state index in [1.165, 1.54) is 9.13 Å². The highest BCUT2D eigenvalue weighted by atomic mass is 127. The molecule has 1 heterocycles. The van der Waals surface area contributed by atoms with Crippen molar-refractivity contribution in [3.63, 3.8) is 0 Å². The Balaban J connectivity index is 2.26. The molecule has 2 nitrogen and oxygen atoms in total. The van der Waals surface area contributed by atoms with Crippen LogP contribution in [0, 0.1) is 3.57 Å². The maximum Gasteiger partial charge on any atom is 0.138 e. The van der Waals surface area contributed by atoms with Gasteiger partial charge in [-0.05, 0) is 48.0 Å². The Bertz CT molecular complexity index is 367. The monoisotopic (exact) mass is 331 g/mol. The van der Waals surface area contributed by atoms with E-state index in [2.05, 4.69) is 60.0 Å². The van der Waals surface area contributed by atoms with Gasteiger partial charge in [-0.2, -0.15) is 0 Å². The van der Waals surface area contributed by atoms with Crippen LogP contribution < -0.4 is 10.1 Å². The second-order valence-corrected chi connectivity index (χ2v) is 5.32. The van der Waals surface area contributed by atoms with Crippen molar-refractivity contribution < 1.29 is 4.74 Å². The van der Waals surface area contributed by atoms with Crippen LogP contribution in [0.15, 0.2) is 18.2 Å². The van der Waals surface area contributed by atoms with Gasteiger partial charge in [-0.25, -0.2) is 0 Å². The molecule has 0 saturated heterocycles. The first-order chi connectivity index (χ1) is 7.77. The molecule has 1 aliphatic heterocycles. The number of hydrogen-bond donors (Lipinski definition) is 1. The fourth-order valence-corrected chi connectivity index (χ4v) is 2.82. The lowest BCUT2D eigenvalue weighted by Crippen LogP contribution is -2.30. The quantitative estimate of drug-likeness (QED) is 0.853. The molecule has 1 N–H and O–H groups in total. The lowest BCUT2D eigenvalue weighted by atomic mass is 10.0. The van der Waals surface area contributed by atoms with Crippen molar-refractivity contribution in [1.29, 1.82) is 0 Å². The van der Waals surface area contributed by atoms with Gasteiger partial charge < -0.3 is 10.1 Å². The van der Waals surface area contributed by atoms with E-state index in [0.717, 1.165) is 25.1 Å². The van der Waals surface area contributed by atoms with E-state index in [1.54, 1.807) is 0 Å². The summed E-state index contributed by atoms with van der Waals surface area (Å²) in [6.07, 6.45) is 2.50. The molecule has 16 heavy (non-hydrogen) atoms. The van der Waals surface area contributed by atoms with E-state index in [9.17, 15) is 0 Å². The van der Waals surface area contributed by atoms with Crippen LogP contribution in [0.2, 0.25) is 0 Å². The van der Waals surface area contributed by atoms with Crippen LogP contribution in [-0.2, 0) is 0 Å². The summed E-state index contributed by atoms with van der Waals surface area (Å²) in [5.41, 5.74) is 1.33. The molecule has 0 aliphatic carbocycles. The number of halogens is 1. The average molecular weight is 331 g/mol. The van der Waals surface area contributed by atoms with Crippen LogP contribution in [0.1, 0.15) is 38.3 Å². The van der Waals surface area contributed by atoms with Gasteiger partial charge in [0.25, 0.3) is 0 Å². The van der Waals surface area contributed by atoms with Gasteiger partial charge in [0.15, 0.2) is 0 Å². The van der Waals surface area contributed by atoms with Gasteiger partial charge in [0.2, 0.25) is 0 Å². The first kappa shape index (κ1) is 12.2. The molecule has 88 valence electrons. The number of hydrogen-bond acceptors (Lipinski definition) is 2. The topological polar surface area (TPSA) is 21.3 Å². The second-order valence-electron chi connectivity index (χ2n) is 4.15. The first-order valence-electron chi connectivity index (χ1n) is 5.96. The molecular formula is C13H18INO. The van der Waals surface area contributed by atoms with Gasteiger partial charge in [0, 0.05) is 5.56 Å². The Morgan fingerprint density at radius 1 is 1.38 bits per heavy atom. The molecule has 2 unspecified atom stereocenters. The minimum Gasteiger partial charge on any atom is -0.487 e. The highest BCUT2D eigenvalue weighted by Gasteiger charge is 2.33. The summed E-state index contributed by atoms with van der Waals surface area (Å²) in [7, 11) is 0. The van der Waals surface area contributed by atoms with Crippen molar-refractivity contribution in [1.82, 2.24) is 5.32 Å². The molecule has 0 radical (unpaired) electrons. The number of fused-ring (bicyclic) bond motifs is 1. The standard InChI is InChI=1S/C13H18INO/c1-3-8-15-12-9-6-5-7-10(14)13(9)16-11(12)4-2/h5-7,11-12,15H,3-4,8H2,1-2H3. The Kier molecular flexibility index (Phi) is 4.08. The summed E-state index contributed by atoms with van der Waals surface area (Å²) in [4.78, 5) is 0. The van der Waals surface area contributed by atoms with Crippen LogP contribution in [0.25, 0.3) is 0 Å². The van der Waals surface area contributed by atoms with Gasteiger partial charge in [0.05, 0.1) is 9.61 Å². The van der Waals surface area contributed by atoms with Crippen molar-refractivity contribution in [2.45, 2.75) is 38.8 Å². The van der Waals surface area contributed by atoms with Crippen LogP contribution in [0.4, 0.5) is 0 Å². The predicted octanol–water partition coefficient (Wildman–Crippen LogP) is 3.50. The molecule has 3 heteroatoms. The highest BCUT2D eigenvalue weighted by Crippen LogP contribution is 2.40. The number of benzene rings is 1. The number of ether oxygens (including phenoxy) is 1. The molecule has 0 spiro atoms.